The van der Waals surface area contributed by atoms with Crippen molar-refractivity contribution in [3.63, 3.8) is 0 Å². The van der Waals surface area contributed by atoms with E-state index in [1.54, 1.807) is 26.4 Å². The Labute approximate surface area is 169 Å². The molecule has 0 aliphatic carbocycles. The Balaban J connectivity index is 1.80. The molecule has 1 amide bonds. The highest BCUT2D eigenvalue weighted by molar-refractivity contribution is 6.31. The van der Waals surface area contributed by atoms with Gasteiger partial charge < -0.3 is 19.5 Å². The van der Waals surface area contributed by atoms with Crippen LogP contribution in [0.15, 0.2) is 42.5 Å². The van der Waals surface area contributed by atoms with E-state index in [-0.39, 0.29) is 18.9 Å². The Morgan fingerprint density at radius 3 is 2.46 bits per heavy atom. The maximum Gasteiger partial charge on any atom is 0.306 e. The summed E-state index contributed by atoms with van der Waals surface area (Å²) < 4.78 is 15.7. The maximum absolute atomic E-state index is 12.1. The van der Waals surface area contributed by atoms with Gasteiger partial charge >= 0.3 is 5.97 Å². The molecule has 0 aliphatic heterocycles. The number of carbonyl (C=O) groups is 2. The lowest BCUT2D eigenvalue weighted by Crippen LogP contribution is -2.35. The summed E-state index contributed by atoms with van der Waals surface area (Å²) in [6.45, 7) is 1.81. The van der Waals surface area contributed by atoms with E-state index in [0.717, 1.165) is 11.1 Å². The zero-order chi connectivity index (χ0) is 20.5. The van der Waals surface area contributed by atoms with Crippen molar-refractivity contribution in [1.82, 2.24) is 5.32 Å². The van der Waals surface area contributed by atoms with Crippen LogP contribution < -0.4 is 14.8 Å². The molecule has 0 aliphatic rings. The second-order valence-electron chi connectivity index (χ2n) is 6.13. The minimum Gasteiger partial charge on any atom is -0.493 e. The van der Waals surface area contributed by atoms with Gasteiger partial charge in [0.2, 0.25) is 0 Å². The predicted octanol–water partition coefficient (Wildman–Crippen LogP) is 3.54. The van der Waals surface area contributed by atoms with Gasteiger partial charge in [0.1, 0.15) is 0 Å². The molecular formula is C21H24ClNO5. The van der Waals surface area contributed by atoms with Gasteiger partial charge in [-0.15, -0.1) is 0 Å². The van der Waals surface area contributed by atoms with Crippen molar-refractivity contribution in [2.45, 2.75) is 32.4 Å². The van der Waals surface area contributed by atoms with Crippen molar-refractivity contribution in [3.05, 3.63) is 58.6 Å². The van der Waals surface area contributed by atoms with Crippen molar-refractivity contribution in [2.75, 3.05) is 14.2 Å². The molecule has 0 fully saturated rings. The number of amides is 1. The third-order valence-corrected chi connectivity index (χ3v) is 4.52. The molecule has 2 aromatic carbocycles. The molecule has 0 heterocycles. The van der Waals surface area contributed by atoms with Gasteiger partial charge in [0.05, 0.1) is 14.2 Å². The van der Waals surface area contributed by atoms with Crippen LogP contribution in [0.3, 0.4) is 0 Å². The summed E-state index contributed by atoms with van der Waals surface area (Å²) in [4.78, 5) is 24.2. The fraction of sp³-hybridized carbons (Fsp3) is 0.333. The number of ether oxygens (including phenoxy) is 3. The van der Waals surface area contributed by atoms with E-state index in [2.05, 4.69) is 5.32 Å². The monoisotopic (exact) mass is 405 g/mol. The zero-order valence-corrected chi connectivity index (χ0v) is 16.9. The minimum absolute atomic E-state index is 0.150. The Hall–Kier alpha value is -2.73. The molecule has 0 saturated heterocycles. The lowest BCUT2D eigenvalue weighted by Gasteiger charge is -2.14. The summed E-state index contributed by atoms with van der Waals surface area (Å²) in [6.07, 6.45) is -0.273. The normalized spacial score (nSPS) is 11.4. The minimum atomic E-state index is -0.889. The van der Waals surface area contributed by atoms with E-state index in [0.29, 0.717) is 22.9 Å². The lowest BCUT2D eigenvalue weighted by atomic mass is 10.1. The first-order valence-electron chi connectivity index (χ1n) is 8.86. The van der Waals surface area contributed by atoms with Gasteiger partial charge in [-0.05, 0) is 42.7 Å². The molecular weight excluding hydrogens is 382 g/mol. The average Bonchev–Trinajstić information content (AvgIpc) is 2.71. The summed E-state index contributed by atoms with van der Waals surface area (Å²) in [5.41, 5.74) is 1.70. The van der Waals surface area contributed by atoms with E-state index in [1.165, 1.54) is 6.92 Å². The Morgan fingerprint density at radius 2 is 1.79 bits per heavy atom. The number of halogens is 1. The third-order valence-electron chi connectivity index (χ3n) is 4.15. The molecule has 0 radical (unpaired) electrons. The maximum atomic E-state index is 12.1. The first kappa shape index (κ1) is 21.6. The first-order valence-corrected chi connectivity index (χ1v) is 9.24. The number of carbonyl (C=O) groups excluding carboxylic acids is 2. The number of hydrogen-bond acceptors (Lipinski definition) is 5. The number of esters is 1. The van der Waals surface area contributed by atoms with E-state index in [9.17, 15) is 9.59 Å². The summed E-state index contributed by atoms with van der Waals surface area (Å²) in [5.74, 6) is 0.396. The molecule has 6 nitrogen and oxygen atoms in total. The average molecular weight is 406 g/mol. The number of nitrogens with one attached hydrogen (secondary N) is 1. The van der Waals surface area contributed by atoms with Crippen LogP contribution in [0, 0.1) is 0 Å². The quantitative estimate of drug-likeness (QED) is 0.646. The lowest BCUT2D eigenvalue weighted by molar-refractivity contribution is -0.154. The van der Waals surface area contributed by atoms with Crippen molar-refractivity contribution in [2.24, 2.45) is 0 Å². The Kier molecular flexibility index (Phi) is 8.14. The van der Waals surface area contributed by atoms with Crippen LogP contribution in [0.5, 0.6) is 11.5 Å². The molecule has 2 aromatic rings. The molecule has 0 bridgehead atoms. The van der Waals surface area contributed by atoms with Crippen LogP contribution in [-0.2, 0) is 27.3 Å². The summed E-state index contributed by atoms with van der Waals surface area (Å²) in [7, 11) is 3.12. The molecule has 150 valence electrons. The summed E-state index contributed by atoms with van der Waals surface area (Å²) in [6, 6.07) is 12.7. The van der Waals surface area contributed by atoms with E-state index in [4.69, 9.17) is 25.8 Å². The molecule has 0 aromatic heterocycles. The van der Waals surface area contributed by atoms with Gasteiger partial charge in [0.15, 0.2) is 17.6 Å². The smallest absolute Gasteiger partial charge is 0.306 e. The predicted molar refractivity (Wildman–Crippen MR) is 107 cm³/mol. The second kappa shape index (κ2) is 10.6. The first-order chi connectivity index (χ1) is 13.4. The fourth-order valence-electron chi connectivity index (χ4n) is 2.56. The van der Waals surface area contributed by atoms with Crippen LogP contribution in [0.4, 0.5) is 0 Å². The molecule has 1 N–H and O–H groups in total. The molecule has 7 heteroatoms. The largest absolute Gasteiger partial charge is 0.493 e. The highest BCUT2D eigenvalue weighted by Gasteiger charge is 2.18. The molecule has 28 heavy (non-hydrogen) atoms. The van der Waals surface area contributed by atoms with Gasteiger partial charge in [-0.2, -0.15) is 0 Å². The Bertz CT molecular complexity index is 824. The van der Waals surface area contributed by atoms with Gasteiger partial charge in [-0.3, -0.25) is 9.59 Å². The van der Waals surface area contributed by atoms with E-state index in [1.807, 2.05) is 30.3 Å². The number of methoxy groups -OCH3 is 2. The molecule has 2 rings (SSSR count). The van der Waals surface area contributed by atoms with Crippen molar-refractivity contribution in [3.8, 4) is 11.5 Å². The van der Waals surface area contributed by atoms with Crippen LogP contribution in [-0.4, -0.2) is 32.2 Å². The highest BCUT2D eigenvalue weighted by atomic mass is 35.5. The fourth-order valence-corrected chi connectivity index (χ4v) is 2.76. The van der Waals surface area contributed by atoms with Crippen molar-refractivity contribution < 1.29 is 23.8 Å². The summed E-state index contributed by atoms with van der Waals surface area (Å²) >= 11 is 6.06. The SMILES string of the molecule is COc1ccc(CCC(=O)O[C@@H](C)C(=O)NCc2ccccc2Cl)cc1OC. The topological polar surface area (TPSA) is 73.9 Å². The molecule has 0 unspecified atom stereocenters. The van der Waals surface area contributed by atoms with Gasteiger partial charge in [0.25, 0.3) is 5.91 Å². The molecule has 0 spiro atoms. The number of rotatable bonds is 9. The van der Waals surface area contributed by atoms with Crippen LogP contribution in [0.25, 0.3) is 0 Å². The molecule has 1 atom stereocenters. The van der Waals surface area contributed by atoms with Crippen LogP contribution in [0.1, 0.15) is 24.5 Å². The second-order valence-corrected chi connectivity index (χ2v) is 6.54. The molecule has 0 saturated carbocycles. The van der Waals surface area contributed by atoms with Crippen LogP contribution in [0.2, 0.25) is 5.02 Å². The van der Waals surface area contributed by atoms with Crippen molar-refractivity contribution >= 4 is 23.5 Å². The van der Waals surface area contributed by atoms with Gasteiger partial charge in [-0.25, -0.2) is 0 Å². The van der Waals surface area contributed by atoms with E-state index >= 15 is 0 Å². The summed E-state index contributed by atoms with van der Waals surface area (Å²) in [5, 5.41) is 3.29. The van der Waals surface area contributed by atoms with Crippen molar-refractivity contribution in [1.29, 1.82) is 0 Å². The highest BCUT2D eigenvalue weighted by Crippen LogP contribution is 2.28. The number of hydrogen-bond donors (Lipinski definition) is 1. The van der Waals surface area contributed by atoms with Gasteiger partial charge in [-0.1, -0.05) is 35.9 Å². The Morgan fingerprint density at radius 1 is 1.07 bits per heavy atom. The van der Waals surface area contributed by atoms with Gasteiger partial charge in [0, 0.05) is 18.0 Å². The van der Waals surface area contributed by atoms with Crippen LogP contribution >= 0.6 is 11.6 Å². The third kappa shape index (κ3) is 6.16. The number of aryl methyl sites for hydroxylation is 1. The zero-order valence-electron chi connectivity index (χ0n) is 16.2. The standard InChI is InChI=1S/C21H24ClNO5/c1-14(21(25)23-13-16-6-4-5-7-17(16)22)28-20(24)11-9-15-8-10-18(26-2)19(12-15)27-3/h4-8,10,12,14H,9,11,13H2,1-3H3,(H,23,25)/t14-/m0/s1. The number of benzene rings is 2. The van der Waals surface area contributed by atoms with E-state index < -0.39 is 12.1 Å².